The Morgan fingerprint density at radius 3 is 2.40 bits per heavy atom. The number of halogens is 4. The molecule has 4 aromatic rings. The first-order valence-corrected chi connectivity index (χ1v) is 11.4. The zero-order valence-corrected chi connectivity index (χ0v) is 19.4. The SMILES string of the molecule is CCC[C@H](C)Oc1ccc(/C(=C(/CC(F)(F)F)c2ccccc2)c2ccc3[nH]nc(F)c3c2)cn1. The summed E-state index contributed by atoms with van der Waals surface area (Å²) in [6.07, 6.45) is -2.35. The van der Waals surface area contributed by atoms with E-state index in [-0.39, 0.29) is 17.1 Å². The molecule has 4 nitrogen and oxygen atoms in total. The number of ether oxygens (including phenoxy) is 1. The molecule has 1 atom stereocenters. The molecule has 0 fully saturated rings. The van der Waals surface area contributed by atoms with Crippen molar-refractivity contribution in [2.45, 2.75) is 45.4 Å². The number of hydrogen-bond donors (Lipinski definition) is 1. The standard InChI is InChI=1S/C27H25F4N3O/c1-3-7-17(2)35-24-13-11-20(16-32-24)25(19-10-12-23-21(14-19)26(28)34-33-23)22(15-27(29,30)31)18-8-5-4-6-9-18/h4-6,8-14,16-17H,3,7,15H2,1-2H3,(H,33,34)/b25-22-/t17-/m0/s1. The quantitative estimate of drug-likeness (QED) is 0.208. The Kier molecular flexibility index (Phi) is 7.19. The third kappa shape index (κ3) is 5.88. The minimum absolute atomic E-state index is 0.0371. The van der Waals surface area contributed by atoms with Gasteiger partial charge in [-0.2, -0.15) is 17.6 Å². The lowest BCUT2D eigenvalue weighted by atomic mass is 9.88. The molecule has 1 N–H and O–H groups in total. The maximum Gasteiger partial charge on any atom is 0.393 e. The van der Waals surface area contributed by atoms with Crippen LogP contribution in [0.5, 0.6) is 5.88 Å². The van der Waals surface area contributed by atoms with Crippen LogP contribution in [0.2, 0.25) is 0 Å². The predicted molar refractivity (Wildman–Crippen MR) is 128 cm³/mol. The van der Waals surface area contributed by atoms with Gasteiger partial charge in [-0.05, 0) is 53.8 Å². The number of pyridine rings is 1. The highest BCUT2D eigenvalue weighted by Gasteiger charge is 2.31. The van der Waals surface area contributed by atoms with E-state index in [9.17, 15) is 17.6 Å². The number of aromatic amines is 1. The van der Waals surface area contributed by atoms with Crippen molar-refractivity contribution in [3.63, 3.8) is 0 Å². The molecular weight excluding hydrogens is 458 g/mol. The van der Waals surface area contributed by atoms with Crippen molar-refractivity contribution in [1.29, 1.82) is 0 Å². The van der Waals surface area contributed by atoms with Crippen molar-refractivity contribution in [1.82, 2.24) is 15.2 Å². The molecule has 0 aliphatic carbocycles. The maximum atomic E-state index is 14.3. The van der Waals surface area contributed by atoms with Crippen molar-refractivity contribution in [3.8, 4) is 5.88 Å². The fraction of sp³-hybridized carbons (Fsp3) is 0.259. The summed E-state index contributed by atoms with van der Waals surface area (Å²) in [6, 6.07) is 16.5. The van der Waals surface area contributed by atoms with E-state index >= 15 is 0 Å². The van der Waals surface area contributed by atoms with Crippen LogP contribution >= 0.6 is 0 Å². The molecule has 0 radical (unpaired) electrons. The Morgan fingerprint density at radius 1 is 1.00 bits per heavy atom. The third-order valence-electron chi connectivity index (χ3n) is 5.65. The molecule has 0 saturated heterocycles. The van der Waals surface area contributed by atoms with Crippen molar-refractivity contribution >= 4 is 22.0 Å². The molecule has 0 amide bonds. The van der Waals surface area contributed by atoms with Crippen LogP contribution in [0.3, 0.4) is 0 Å². The minimum Gasteiger partial charge on any atom is -0.475 e. The van der Waals surface area contributed by atoms with E-state index in [2.05, 4.69) is 22.1 Å². The second-order valence-corrected chi connectivity index (χ2v) is 8.39. The number of hydrogen-bond acceptors (Lipinski definition) is 3. The van der Waals surface area contributed by atoms with Crippen molar-refractivity contribution in [2.75, 3.05) is 0 Å². The molecule has 35 heavy (non-hydrogen) atoms. The molecule has 0 aliphatic heterocycles. The second-order valence-electron chi connectivity index (χ2n) is 8.39. The number of aromatic nitrogens is 3. The lowest BCUT2D eigenvalue weighted by Gasteiger charge is -2.19. The van der Waals surface area contributed by atoms with Gasteiger partial charge in [0.15, 0.2) is 0 Å². The summed E-state index contributed by atoms with van der Waals surface area (Å²) >= 11 is 0. The van der Waals surface area contributed by atoms with Gasteiger partial charge >= 0.3 is 6.18 Å². The molecule has 0 aliphatic rings. The molecule has 2 aromatic heterocycles. The lowest BCUT2D eigenvalue weighted by molar-refractivity contribution is -0.122. The molecule has 0 spiro atoms. The number of fused-ring (bicyclic) bond motifs is 1. The Bertz CT molecular complexity index is 1310. The monoisotopic (exact) mass is 483 g/mol. The number of nitrogens with one attached hydrogen (secondary N) is 1. The fourth-order valence-corrected chi connectivity index (χ4v) is 4.10. The number of rotatable bonds is 8. The van der Waals surface area contributed by atoms with Crippen LogP contribution in [-0.4, -0.2) is 27.5 Å². The summed E-state index contributed by atoms with van der Waals surface area (Å²) in [5.41, 5.74) is 2.15. The molecule has 2 aromatic carbocycles. The second kappa shape index (κ2) is 10.3. The summed E-state index contributed by atoms with van der Waals surface area (Å²) in [7, 11) is 0. The van der Waals surface area contributed by atoms with Crippen LogP contribution in [0.15, 0.2) is 66.9 Å². The van der Waals surface area contributed by atoms with E-state index in [0.29, 0.717) is 33.7 Å². The van der Waals surface area contributed by atoms with E-state index in [1.807, 2.05) is 6.92 Å². The fourth-order valence-electron chi connectivity index (χ4n) is 4.10. The van der Waals surface area contributed by atoms with Gasteiger partial charge in [-0.1, -0.05) is 49.7 Å². The van der Waals surface area contributed by atoms with Crippen LogP contribution in [0.25, 0.3) is 22.0 Å². The molecule has 0 bridgehead atoms. The molecule has 0 saturated carbocycles. The van der Waals surface area contributed by atoms with E-state index in [1.54, 1.807) is 54.6 Å². The number of alkyl halides is 3. The first-order chi connectivity index (χ1) is 16.7. The van der Waals surface area contributed by atoms with E-state index in [0.717, 1.165) is 12.8 Å². The highest BCUT2D eigenvalue weighted by Crippen LogP contribution is 2.40. The Morgan fingerprint density at radius 2 is 1.74 bits per heavy atom. The van der Waals surface area contributed by atoms with Gasteiger partial charge in [0.25, 0.3) is 0 Å². The summed E-state index contributed by atoms with van der Waals surface area (Å²) in [6.45, 7) is 3.99. The van der Waals surface area contributed by atoms with Gasteiger partial charge in [0.1, 0.15) is 0 Å². The van der Waals surface area contributed by atoms with Gasteiger partial charge in [0.2, 0.25) is 11.8 Å². The average molecular weight is 484 g/mol. The molecule has 4 rings (SSSR count). The summed E-state index contributed by atoms with van der Waals surface area (Å²) in [4.78, 5) is 4.36. The van der Waals surface area contributed by atoms with Gasteiger partial charge in [-0.15, -0.1) is 5.10 Å². The molecule has 0 unspecified atom stereocenters. The van der Waals surface area contributed by atoms with E-state index in [1.165, 1.54) is 12.3 Å². The van der Waals surface area contributed by atoms with Gasteiger partial charge in [-0.25, -0.2) is 4.98 Å². The first-order valence-electron chi connectivity index (χ1n) is 11.4. The molecular formula is C27H25F4N3O. The van der Waals surface area contributed by atoms with Crippen LogP contribution in [0.4, 0.5) is 17.6 Å². The van der Waals surface area contributed by atoms with Gasteiger partial charge in [0, 0.05) is 17.8 Å². The summed E-state index contributed by atoms with van der Waals surface area (Å²) in [5.74, 6) is -0.326. The number of benzene rings is 2. The highest BCUT2D eigenvalue weighted by molar-refractivity contribution is 6.00. The Labute approximate surface area is 200 Å². The normalized spacial score (nSPS) is 13.5. The summed E-state index contributed by atoms with van der Waals surface area (Å²) < 4.78 is 61.4. The maximum absolute atomic E-state index is 14.3. The smallest absolute Gasteiger partial charge is 0.393 e. The molecule has 2 heterocycles. The predicted octanol–water partition coefficient (Wildman–Crippen LogP) is 7.58. The largest absolute Gasteiger partial charge is 0.475 e. The third-order valence-corrected chi connectivity index (χ3v) is 5.65. The van der Waals surface area contributed by atoms with Crippen LogP contribution < -0.4 is 4.74 Å². The lowest BCUT2D eigenvalue weighted by Crippen LogP contribution is -2.12. The van der Waals surface area contributed by atoms with Gasteiger partial charge in [0.05, 0.1) is 23.4 Å². The van der Waals surface area contributed by atoms with Crippen LogP contribution in [0, 0.1) is 5.95 Å². The Hall–Kier alpha value is -3.68. The zero-order chi connectivity index (χ0) is 25.0. The van der Waals surface area contributed by atoms with Gasteiger partial charge in [-0.3, -0.25) is 5.10 Å². The van der Waals surface area contributed by atoms with Gasteiger partial charge < -0.3 is 4.74 Å². The first kappa shape index (κ1) is 24.4. The van der Waals surface area contributed by atoms with Crippen LogP contribution in [0.1, 0.15) is 49.8 Å². The number of nitrogens with zero attached hydrogens (tertiary/aromatic N) is 2. The minimum atomic E-state index is -4.46. The van der Waals surface area contributed by atoms with E-state index < -0.39 is 18.5 Å². The zero-order valence-electron chi connectivity index (χ0n) is 19.4. The molecule has 8 heteroatoms. The topological polar surface area (TPSA) is 50.8 Å². The number of allylic oxidation sites excluding steroid dienone is 1. The van der Waals surface area contributed by atoms with E-state index in [4.69, 9.17) is 4.74 Å². The van der Waals surface area contributed by atoms with Crippen molar-refractivity contribution < 1.29 is 22.3 Å². The van der Waals surface area contributed by atoms with Crippen molar-refractivity contribution in [3.05, 3.63) is 89.5 Å². The molecule has 182 valence electrons. The Balaban J connectivity index is 1.91. The average Bonchev–Trinajstić information content (AvgIpc) is 3.20. The van der Waals surface area contributed by atoms with Crippen molar-refractivity contribution in [2.24, 2.45) is 0 Å². The number of H-pyrrole nitrogens is 1. The summed E-state index contributed by atoms with van der Waals surface area (Å²) in [5, 5.41) is 6.34. The van der Waals surface area contributed by atoms with Crippen LogP contribution in [-0.2, 0) is 0 Å². The highest BCUT2D eigenvalue weighted by atomic mass is 19.4.